The molecule has 5 heteroatoms. The Kier molecular flexibility index (Phi) is 5.89. The molecule has 3 rings (SSSR count). The Morgan fingerprint density at radius 3 is 1.96 bits per heavy atom. The molecule has 138 valence electrons. The van der Waals surface area contributed by atoms with E-state index in [-0.39, 0.29) is 23.2 Å². The summed E-state index contributed by atoms with van der Waals surface area (Å²) in [6.45, 7) is 6.74. The molecule has 0 N–H and O–H groups in total. The second-order valence-electron chi connectivity index (χ2n) is 7.71. The van der Waals surface area contributed by atoms with Crippen LogP contribution in [-0.2, 0) is 14.0 Å². The predicted octanol–water partition coefficient (Wildman–Crippen LogP) is 3.68. The largest absolute Gasteiger partial charge is 0.459 e. The summed E-state index contributed by atoms with van der Waals surface area (Å²) in [5.41, 5.74) is 0. The molecule has 0 aromatic heterocycles. The molecule has 0 saturated carbocycles. The topological polar surface area (TPSA) is 35.5 Å². The molecule has 26 heavy (non-hydrogen) atoms. The van der Waals surface area contributed by atoms with Crippen molar-refractivity contribution in [3.63, 3.8) is 0 Å². The van der Waals surface area contributed by atoms with E-state index in [9.17, 15) is 4.79 Å². The summed E-state index contributed by atoms with van der Waals surface area (Å²) < 4.78 is 13.2. The molecule has 2 aromatic rings. The summed E-state index contributed by atoms with van der Waals surface area (Å²) in [6, 6.07) is 21.0. The van der Waals surface area contributed by atoms with Crippen molar-refractivity contribution in [2.45, 2.75) is 44.4 Å². The highest BCUT2D eigenvalue weighted by Gasteiger charge is 2.53. The van der Waals surface area contributed by atoms with Gasteiger partial charge in [0.25, 0.3) is 8.32 Å². The molecule has 0 bridgehead atoms. The maximum atomic E-state index is 11.9. The average molecular weight is 480 g/mol. The van der Waals surface area contributed by atoms with Crippen LogP contribution in [0.1, 0.15) is 27.2 Å². The van der Waals surface area contributed by atoms with Crippen LogP contribution in [0, 0.1) is 0 Å². The van der Waals surface area contributed by atoms with Crippen molar-refractivity contribution < 1.29 is 14.0 Å². The zero-order chi connectivity index (χ0) is 18.8. The maximum Gasteiger partial charge on any atom is 0.308 e. The highest BCUT2D eigenvalue weighted by molar-refractivity contribution is 14.1. The average Bonchev–Trinajstić information content (AvgIpc) is 2.99. The SMILES string of the molecule is CC(C)(C)[Si](O[C@H]1CC(=O)O[C@@H]1CI)(c1ccccc1)c1ccccc1. The summed E-state index contributed by atoms with van der Waals surface area (Å²) in [5.74, 6) is -0.158. The fourth-order valence-electron chi connectivity index (χ4n) is 3.76. The van der Waals surface area contributed by atoms with Crippen molar-refractivity contribution >= 4 is 47.3 Å². The lowest BCUT2D eigenvalue weighted by Gasteiger charge is -2.44. The van der Waals surface area contributed by atoms with Crippen LogP contribution in [0.15, 0.2) is 60.7 Å². The summed E-state index contributed by atoms with van der Waals surface area (Å²) >= 11 is 2.27. The van der Waals surface area contributed by atoms with Crippen LogP contribution in [0.5, 0.6) is 0 Å². The van der Waals surface area contributed by atoms with E-state index in [1.54, 1.807) is 0 Å². The Labute approximate surface area is 170 Å². The zero-order valence-electron chi connectivity index (χ0n) is 15.4. The van der Waals surface area contributed by atoms with Crippen LogP contribution < -0.4 is 10.4 Å². The lowest BCUT2D eigenvalue weighted by Crippen LogP contribution is -2.68. The van der Waals surface area contributed by atoms with Crippen LogP contribution in [-0.4, -0.2) is 30.9 Å². The number of esters is 1. The molecule has 0 amide bonds. The van der Waals surface area contributed by atoms with E-state index in [0.717, 1.165) is 4.43 Å². The zero-order valence-corrected chi connectivity index (χ0v) is 18.6. The van der Waals surface area contributed by atoms with Gasteiger partial charge in [0.15, 0.2) is 0 Å². The first kappa shape index (κ1) is 19.6. The van der Waals surface area contributed by atoms with Gasteiger partial charge in [-0.15, -0.1) is 0 Å². The molecule has 0 radical (unpaired) electrons. The molecule has 1 saturated heterocycles. The van der Waals surface area contributed by atoms with Gasteiger partial charge >= 0.3 is 5.97 Å². The van der Waals surface area contributed by atoms with Crippen molar-refractivity contribution in [1.29, 1.82) is 0 Å². The number of carbonyl (C=O) groups excluding carboxylic acids is 1. The van der Waals surface area contributed by atoms with Gasteiger partial charge in [-0.25, -0.2) is 0 Å². The van der Waals surface area contributed by atoms with Gasteiger partial charge in [-0.3, -0.25) is 4.79 Å². The summed E-state index contributed by atoms with van der Waals surface area (Å²) in [6.07, 6.45) is -0.0477. The molecular weight excluding hydrogens is 455 g/mol. The molecule has 2 aromatic carbocycles. The predicted molar refractivity (Wildman–Crippen MR) is 116 cm³/mol. The van der Waals surface area contributed by atoms with Crippen LogP contribution in [0.25, 0.3) is 0 Å². The minimum absolute atomic E-state index is 0.100. The van der Waals surface area contributed by atoms with E-state index in [1.165, 1.54) is 10.4 Å². The molecular formula is C21H25IO3Si. The molecule has 0 unspecified atom stereocenters. The van der Waals surface area contributed by atoms with Gasteiger partial charge in [-0.1, -0.05) is 104 Å². The van der Waals surface area contributed by atoms with Crippen LogP contribution in [0.4, 0.5) is 0 Å². The summed E-state index contributed by atoms with van der Waals surface area (Å²) in [5, 5.41) is 2.35. The molecule has 3 nitrogen and oxygen atoms in total. The van der Waals surface area contributed by atoms with Crippen molar-refractivity contribution in [3.8, 4) is 0 Å². The Bertz CT molecular complexity index is 703. The molecule has 0 aliphatic carbocycles. The molecule has 1 heterocycles. The molecule has 2 atom stereocenters. The highest BCUT2D eigenvalue weighted by Crippen LogP contribution is 2.39. The first-order chi connectivity index (χ1) is 12.4. The monoisotopic (exact) mass is 480 g/mol. The fourth-order valence-corrected chi connectivity index (χ4v) is 9.21. The minimum atomic E-state index is -2.64. The van der Waals surface area contributed by atoms with Gasteiger partial charge < -0.3 is 9.16 Å². The number of ether oxygens (including phenoxy) is 1. The van der Waals surface area contributed by atoms with Gasteiger partial charge in [0.05, 0.1) is 12.5 Å². The molecule has 0 spiro atoms. The molecule has 1 aliphatic rings. The first-order valence-electron chi connectivity index (χ1n) is 8.93. The standard InChI is InChI=1S/C21H25IO3Si/c1-21(2,3)26(16-10-6-4-7-11-16,17-12-8-5-9-13-17)25-18-14-20(23)24-19(18)15-22/h4-13,18-19H,14-15H2,1-3H3/t18-,19+/m0/s1. The van der Waals surface area contributed by atoms with E-state index in [1.807, 2.05) is 12.1 Å². The number of carbonyl (C=O) groups is 1. The third-order valence-corrected chi connectivity index (χ3v) is 10.9. The number of hydrogen-bond donors (Lipinski definition) is 0. The second kappa shape index (κ2) is 7.82. The second-order valence-corrected chi connectivity index (χ2v) is 12.8. The van der Waals surface area contributed by atoms with E-state index >= 15 is 0 Å². The van der Waals surface area contributed by atoms with E-state index in [4.69, 9.17) is 9.16 Å². The third kappa shape index (κ3) is 3.61. The maximum absolute atomic E-state index is 11.9. The number of hydrogen-bond acceptors (Lipinski definition) is 3. The highest BCUT2D eigenvalue weighted by atomic mass is 127. The van der Waals surface area contributed by atoms with Crippen LogP contribution in [0.3, 0.4) is 0 Å². The number of rotatable bonds is 5. The van der Waals surface area contributed by atoms with Gasteiger partial charge in [0, 0.05) is 4.43 Å². The Balaban J connectivity index is 2.16. The fraction of sp³-hybridized carbons (Fsp3) is 0.381. The Morgan fingerprint density at radius 2 is 1.54 bits per heavy atom. The molecule has 1 fully saturated rings. The number of halogens is 1. The summed E-state index contributed by atoms with van der Waals surface area (Å²) in [4.78, 5) is 11.9. The van der Waals surface area contributed by atoms with Gasteiger partial charge in [0.2, 0.25) is 0 Å². The lowest BCUT2D eigenvalue weighted by molar-refractivity contribution is -0.140. The quantitative estimate of drug-likeness (QED) is 0.284. The lowest BCUT2D eigenvalue weighted by atomic mass is 10.2. The van der Waals surface area contributed by atoms with Gasteiger partial charge in [0.1, 0.15) is 6.10 Å². The van der Waals surface area contributed by atoms with E-state index < -0.39 is 8.32 Å². The van der Waals surface area contributed by atoms with Crippen molar-refractivity contribution in [3.05, 3.63) is 60.7 Å². The van der Waals surface area contributed by atoms with Crippen molar-refractivity contribution in [1.82, 2.24) is 0 Å². The normalized spacial score (nSPS) is 20.8. The van der Waals surface area contributed by atoms with E-state index in [0.29, 0.717) is 6.42 Å². The van der Waals surface area contributed by atoms with Gasteiger partial charge in [-0.2, -0.15) is 0 Å². The minimum Gasteiger partial charge on any atom is -0.459 e. The van der Waals surface area contributed by atoms with Crippen LogP contribution >= 0.6 is 22.6 Å². The third-order valence-electron chi connectivity index (χ3n) is 4.96. The smallest absolute Gasteiger partial charge is 0.308 e. The van der Waals surface area contributed by atoms with Crippen molar-refractivity contribution in [2.75, 3.05) is 4.43 Å². The first-order valence-corrected chi connectivity index (χ1v) is 12.4. The van der Waals surface area contributed by atoms with E-state index in [2.05, 4.69) is 91.9 Å². The Hall–Kier alpha value is -1.18. The number of cyclic esters (lactones) is 1. The Morgan fingerprint density at radius 1 is 1.04 bits per heavy atom. The number of benzene rings is 2. The number of alkyl halides is 1. The van der Waals surface area contributed by atoms with Crippen LogP contribution in [0.2, 0.25) is 5.04 Å². The van der Waals surface area contributed by atoms with Crippen molar-refractivity contribution in [2.24, 2.45) is 0 Å². The molecule has 1 aliphatic heterocycles. The summed E-state index contributed by atoms with van der Waals surface area (Å²) in [7, 11) is -2.64. The van der Waals surface area contributed by atoms with Gasteiger partial charge in [-0.05, 0) is 15.4 Å².